The molecule has 0 bridgehead atoms. The Kier molecular flexibility index (Phi) is 4.53. The van der Waals surface area contributed by atoms with Gasteiger partial charge in [-0.25, -0.2) is 0 Å². The van der Waals surface area contributed by atoms with Crippen LogP contribution in [0.2, 0.25) is 0 Å². The Morgan fingerprint density at radius 2 is 1.88 bits per heavy atom. The van der Waals surface area contributed by atoms with Gasteiger partial charge in [0.15, 0.2) is 0 Å². The van der Waals surface area contributed by atoms with Gasteiger partial charge in [-0.15, -0.1) is 0 Å². The van der Waals surface area contributed by atoms with Crippen LogP contribution in [0.1, 0.15) is 25.7 Å². The molecule has 0 spiro atoms. The highest BCUT2D eigenvalue weighted by Crippen LogP contribution is 2.29. The first kappa shape index (κ1) is 12.2. The van der Waals surface area contributed by atoms with E-state index < -0.39 is 0 Å². The lowest BCUT2D eigenvalue weighted by atomic mass is 9.82. The Hall–Kier alpha value is -0.220. The fraction of sp³-hybridized carbons (Fsp3) is 0.917. The summed E-state index contributed by atoms with van der Waals surface area (Å²) in [4.78, 5) is 16.4. The van der Waals surface area contributed by atoms with Crippen LogP contribution in [-0.4, -0.2) is 54.2 Å². The van der Waals surface area contributed by atoms with E-state index in [-0.39, 0.29) is 0 Å². The smallest absolute Gasteiger partial charge is 0.222 e. The molecular weight excluding hydrogens is 220 g/mol. The third kappa shape index (κ3) is 3.14. The van der Waals surface area contributed by atoms with Gasteiger partial charge < -0.3 is 4.90 Å². The molecule has 0 atom stereocenters. The number of nitrogens with zero attached hydrogens (tertiary/aromatic N) is 2. The Labute approximate surface area is 104 Å². The van der Waals surface area contributed by atoms with Crippen molar-refractivity contribution in [3.63, 3.8) is 0 Å². The lowest BCUT2D eigenvalue weighted by Gasteiger charge is -2.36. The lowest BCUT2D eigenvalue weighted by molar-refractivity contribution is -0.134. The average molecular weight is 242 g/mol. The Morgan fingerprint density at radius 1 is 1.19 bits per heavy atom. The fourth-order valence-electron chi connectivity index (χ4n) is 2.44. The van der Waals surface area contributed by atoms with E-state index in [2.05, 4.69) is 17.5 Å². The number of carbonyl (C=O) groups excluding carboxylic acids is 1. The number of thiol groups is 1. The number of hydrogen-bond donors (Lipinski definition) is 1. The van der Waals surface area contributed by atoms with Gasteiger partial charge in [0.1, 0.15) is 0 Å². The molecule has 0 N–H and O–H groups in total. The van der Waals surface area contributed by atoms with E-state index in [1.807, 2.05) is 4.90 Å². The summed E-state index contributed by atoms with van der Waals surface area (Å²) in [5.74, 6) is 1.99. The highest BCUT2D eigenvalue weighted by atomic mass is 32.1. The van der Waals surface area contributed by atoms with Crippen LogP contribution in [0.4, 0.5) is 0 Å². The van der Waals surface area contributed by atoms with Crippen LogP contribution >= 0.6 is 12.6 Å². The summed E-state index contributed by atoms with van der Waals surface area (Å²) in [7, 11) is 0. The molecule has 1 amide bonds. The molecule has 0 unspecified atom stereocenters. The maximum atomic E-state index is 12.0. The first-order chi connectivity index (χ1) is 7.79. The van der Waals surface area contributed by atoms with Crippen molar-refractivity contribution in [2.45, 2.75) is 25.7 Å². The third-order valence-corrected chi connectivity index (χ3v) is 4.03. The summed E-state index contributed by atoms with van der Waals surface area (Å²) in [6.07, 6.45) is 4.66. The number of amides is 1. The first-order valence-corrected chi connectivity index (χ1v) is 7.04. The van der Waals surface area contributed by atoms with E-state index in [9.17, 15) is 4.79 Å². The second-order valence-corrected chi connectivity index (χ2v) is 5.39. The summed E-state index contributed by atoms with van der Waals surface area (Å²) in [5.41, 5.74) is 0. The second-order valence-electron chi connectivity index (χ2n) is 4.95. The molecule has 2 rings (SSSR count). The van der Waals surface area contributed by atoms with Crippen LogP contribution in [-0.2, 0) is 4.79 Å². The van der Waals surface area contributed by atoms with Crippen molar-refractivity contribution < 1.29 is 4.79 Å². The van der Waals surface area contributed by atoms with E-state index >= 15 is 0 Å². The minimum Gasteiger partial charge on any atom is -0.340 e. The molecule has 1 aliphatic heterocycles. The van der Waals surface area contributed by atoms with Gasteiger partial charge in [-0.3, -0.25) is 9.69 Å². The van der Waals surface area contributed by atoms with Gasteiger partial charge in [0.05, 0.1) is 0 Å². The summed E-state index contributed by atoms with van der Waals surface area (Å²) in [5, 5.41) is 0. The minimum absolute atomic E-state index is 0.384. The molecule has 0 aromatic heterocycles. The topological polar surface area (TPSA) is 23.6 Å². The Bertz CT molecular complexity index is 235. The average Bonchev–Trinajstić information content (AvgIpc) is 2.25. The Balaban J connectivity index is 1.68. The van der Waals surface area contributed by atoms with Crippen LogP contribution in [0.25, 0.3) is 0 Å². The van der Waals surface area contributed by atoms with Crippen LogP contribution in [0.3, 0.4) is 0 Å². The van der Waals surface area contributed by atoms with Gasteiger partial charge in [0.2, 0.25) is 5.91 Å². The monoisotopic (exact) mass is 242 g/mol. The van der Waals surface area contributed by atoms with Gasteiger partial charge in [0, 0.05) is 44.9 Å². The number of carbonyl (C=O) groups is 1. The Morgan fingerprint density at radius 3 is 2.38 bits per heavy atom. The molecule has 1 heterocycles. The maximum absolute atomic E-state index is 12.0. The zero-order valence-electron chi connectivity index (χ0n) is 9.90. The largest absolute Gasteiger partial charge is 0.340 e. The van der Waals surface area contributed by atoms with Crippen molar-refractivity contribution in [3.05, 3.63) is 0 Å². The van der Waals surface area contributed by atoms with E-state index in [1.165, 1.54) is 19.3 Å². The van der Waals surface area contributed by atoms with Gasteiger partial charge in [-0.05, 0) is 18.8 Å². The lowest BCUT2D eigenvalue weighted by Crippen LogP contribution is -2.49. The highest BCUT2D eigenvalue weighted by Gasteiger charge is 2.25. The zero-order valence-corrected chi connectivity index (χ0v) is 10.8. The van der Waals surface area contributed by atoms with Crippen molar-refractivity contribution >= 4 is 18.5 Å². The van der Waals surface area contributed by atoms with Gasteiger partial charge >= 0.3 is 0 Å². The van der Waals surface area contributed by atoms with Crippen LogP contribution < -0.4 is 0 Å². The van der Waals surface area contributed by atoms with Crippen LogP contribution in [0.5, 0.6) is 0 Å². The van der Waals surface area contributed by atoms with E-state index in [0.29, 0.717) is 11.8 Å². The van der Waals surface area contributed by atoms with Crippen molar-refractivity contribution in [2.75, 3.05) is 38.5 Å². The predicted molar refractivity (Wildman–Crippen MR) is 68.8 cm³/mol. The fourth-order valence-corrected chi connectivity index (χ4v) is 2.72. The van der Waals surface area contributed by atoms with Gasteiger partial charge in [-0.1, -0.05) is 6.42 Å². The van der Waals surface area contributed by atoms with Crippen molar-refractivity contribution in [1.82, 2.24) is 9.80 Å². The molecule has 2 aliphatic rings. The molecule has 1 saturated carbocycles. The zero-order chi connectivity index (χ0) is 11.4. The summed E-state index contributed by atoms with van der Waals surface area (Å²) < 4.78 is 0. The number of piperazine rings is 1. The molecule has 4 heteroatoms. The maximum Gasteiger partial charge on any atom is 0.222 e. The second kappa shape index (κ2) is 5.92. The molecule has 16 heavy (non-hydrogen) atoms. The quantitative estimate of drug-likeness (QED) is 0.750. The predicted octanol–water partition coefficient (Wildman–Crippen LogP) is 1.25. The number of rotatable bonds is 4. The standard InChI is InChI=1S/C12H22N2OS/c15-12(10-11-2-1-3-11)14-6-4-13(5-7-14)8-9-16/h11,16H,1-10H2. The first-order valence-electron chi connectivity index (χ1n) is 6.40. The highest BCUT2D eigenvalue weighted by molar-refractivity contribution is 7.80. The molecule has 2 fully saturated rings. The third-order valence-electron chi connectivity index (χ3n) is 3.83. The summed E-state index contributed by atoms with van der Waals surface area (Å²) >= 11 is 4.24. The summed E-state index contributed by atoms with van der Waals surface area (Å²) in [6, 6.07) is 0. The van der Waals surface area contributed by atoms with E-state index in [4.69, 9.17) is 0 Å². The molecular formula is C12H22N2OS. The van der Waals surface area contributed by atoms with Crippen LogP contribution in [0, 0.1) is 5.92 Å². The summed E-state index contributed by atoms with van der Waals surface area (Å²) in [6.45, 7) is 4.93. The normalized spacial score (nSPS) is 23.2. The van der Waals surface area contributed by atoms with Gasteiger partial charge in [0.25, 0.3) is 0 Å². The van der Waals surface area contributed by atoms with Crippen LogP contribution in [0.15, 0.2) is 0 Å². The molecule has 3 nitrogen and oxygen atoms in total. The van der Waals surface area contributed by atoms with E-state index in [1.54, 1.807) is 0 Å². The molecule has 0 aromatic carbocycles. The minimum atomic E-state index is 0.384. The molecule has 0 aromatic rings. The van der Waals surface area contributed by atoms with E-state index in [0.717, 1.165) is 44.9 Å². The van der Waals surface area contributed by atoms with Crippen molar-refractivity contribution in [3.8, 4) is 0 Å². The van der Waals surface area contributed by atoms with Gasteiger partial charge in [-0.2, -0.15) is 12.6 Å². The molecule has 1 saturated heterocycles. The number of hydrogen-bond acceptors (Lipinski definition) is 3. The SMILES string of the molecule is O=C(CC1CCC1)N1CCN(CCS)CC1. The van der Waals surface area contributed by atoms with Crippen molar-refractivity contribution in [1.29, 1.82) is 0 Å². The molecule has 92 valence electrons. The molecule has 1 aliphatic carbocycles. The van der Waals surface area contributed by atoms with Crippen molar-refractivity contribution in [2.24, 2.45) is 5.92 Å². The molecule has 0 radical (unpaired) electrons.